The third-order valence-corrected chi connectivity index (χ3v) is 5.76. The molecule has 0 unspecified atom stereocenters. The van der Waals surface area contributed by atoms with Crippen LogP contribution >= 0.6 is 0 Å². The smallest absolute Gasteiger partial charge is 0.256 e. The first-order valence-electron chi connectivity index (χ1n) is 10.3. The number of aryl methyl sites for hydroxylation is 1. The maximum Gasteiger partial charge on any atom is 0.256 e. The number of hydrogen-bond acceptors (Lipinski definition) is 3. The topological polar surface area (TPSA) is 94.3 Å². The molecule has 3 heterocycles. The fourth-order valence-corrected chi connectivity index (χ4v) is 4.19. The largest absolute Gasteiger partial charge is 0.358 e. The van der Waals surface area contributed by atoms with Gasteiger partial charge in [0.1, 0.15) is 0 Å². The van der Waals surface area contributed by atoms with Crippen molar-refractivity contribution in [2.45, 2.75) is 33.1 Å². The minimum atomic E-state index is -0.148. The summed E-state index contributed by atoms with van der Waals surface area (Å²) in [6.45, 7) is 5.74. The van der Waals surface area contributed by atoms with E-state index in [0.29, 0.717) is 30.6 Å². The van der Waals surface area contributed by atoms with Crippen molar-refractivity contribution < 1.29 is 14.4 Å². The van der Waals surface area contributed by atoms with E-state index in [9.17, 15) is 14.4 Å². The number of nitrogens with one attached hydrogen (secondary N) is 3. The third kappa shape index (κ3) is 3.75. The number of aromatic amines is 1. The van der Waals surface area contributed by atoms with E-state index in [1.54, 1.807) is 6.08 Å². The first-order chi connectivity index (χ1) is 14.5. The summed E-state index contributed by atoms with van der Waals surface area (Å²) in [6.07, 6.45) is 4.09. The second-order valence-corrected chi connectivity index (χ2v) is 7.82. The van der Waals surface area contributed by atoms with Crippen LogP contribution in [0.4, 0.5) is 5.69 Å². The number of benzene rings is 1. The van der Waals surface area contributed by atoms with Crippen molar-refractivity contribution in [3.8, 4) is 0 Å². The second kappa shape index (κ2) is 8.18. The number of fused-ring (bicyclic) bond motifs is 1. The predicted molar refractivity (Wildman–Crippen MR) is 116 cm³/mol. The fourth-order valence-electron chi connectivity index (χ4n) is 4.19. The van der Waals surface area contributed by atoms with Gasteiger partial charge in [0, 0.05) is 48.7 Å². The Morgan fingerprint density at radius 2 is 2.03 bits per heavy atom. The second-order valence-electron chi connectivity index (χ2n) is 7.82. The molecule has 0 atom stereocenters. The lowest BCUT2D eigenvalue weighted by Crippen LogP contribution is -2.31. The molecule has 0 saturated carbocycles. The van der Waals surface area contributed by atoms with E-state index in [1.165, 1.54) is 0 Å². The highest BCUT2D eigenvalue weighted by molar-refractivity contribution is 6.34. The maximum absolute atomic E-state index is 12.7. The Balaban J connectivity index is 1.45. The predicted octanol–water partition coefficient (Wildman–Crippen LogP) is 2.87. The van der Waals surface area contributed by atoms with E-state index >= 15 is 0 Å². The number of carbonyl (C=O) groups excluding carboxylic acids is 3. The third-order valence-electron chi connectivity index (χ3n) is 5.76. The average molecular weight is 406 g/mol. The van der Waals surface area contributed by atoms with Gasteiger partial charge in [-0.25, -0.2) is 0 Å². The number of carbonyl (C=O) groups is 3. The van der Waals surface area contributed by atoms with E-state index < -0.39 is 0 Å². The van der Waals surface area contributed by atoms with Crippen LogP contribution in [0.3, 0.4) is 0 Å². The molecule has 1 fully saturated rings. The van der Waals surface area contributed by atoms with E-state index in [2.05, 4.69) is 15.6 Å². The molecule has 0 bridgehead atoms. The van der Waals surface area contributed by atoms with Gasteiger partial charge in [-0.15, -0.1) is 0 Å². The van der Waals surface area contributed by atoms with Gasteiger partial charge in [-0.2, -0.15) is 0 Å². The minimum absolute atomic E-state index is 0.144. The summed E-state index contributed by atoms with van der Waals surface area (Å²) in [5.41, 5.74) is 5.16. The van der Waals surface area contributed by atoms with Crippen LogP contribution in [0.25, 0.3) is 11.6 Å². The number of para-hydroxylation sites is 1. The monoisotopic (exact) mass is 406 g/mol. The molecule has 1 aromatic heterocycles. The normalized spacial score (nSPS) is 16.9. The molecule has 2 aliphatic heterocycles. The number of aromatic nitrogens is 1. The van der Waals surface area contributed by atoms with E-state index in [-0.39, 0.29) is 17.7 Å². The van der Waals surface area contributed by atoms with Crippen molar-refractivity contribution in [2.24, 2.45) is 0 Å². The van der Waals surface area contributed by atoms with Crippen molar-refractivity contribution in [1.82, 2.24) is 15.2 Å². The van der Waals surface area contributed by atoms with Crippen molar-refractivity contribution in [3.05, 3.63) is 52.3 Å². The highest BCUT2D eigenvalue weighted by Gasteiger charge is 2.25. The number of likely N-dealkylation sites (tertiary alicyclic amines) is 1. The Hall–Kier alpha value is -3.35. The summed E-state index contributed by atoms with van der Waals surface area (Å²) in [4.78, 5) is 41.9. The van der Waals surface area contributed by atoms with Crippen LogP contribution in [0, 0.1) is 13.8 Å². The van der Waals surface area contributed by atoms with Gasteiger partial charge in [0.05, 0.1) is 11.1 Å². The van der Waals surface area contributed by atoms with Gasteiger partial charge in [0.15, 0.2) is 0 Å². The van der Waals surface area contributed by atoms with Gasteiger partial charge >= 0.3 is 0 Å². The summed E-state index contributed by atoms with van der Waals surface area (Å²) in [7, 11) is 0. The Labute approximate surface area is 175 Å². The summed E-state index contributed by atoms with van der Waals surface area (Å²) < 4.78 is 0. The summed E-state index contributed by atoms with van der Waals surface area (Å²) >= 11 is 0. The van der Waals surface area contributed by atoms with Crippen LogP contribution in [0.1, 0.15) is 52.1 Å². The molecule has 156 valence electrons. The zero-order valence-electron chi connectivity index (χ0n) is 17.3. The molecule has 2 aromatic rings. The van der Waals surface area contributed by atoms with E-state index in [0.717, 1.165) is 47.6 Å². The SMILES string of the molecule is Cc1[nH]c(C=C2C(=O)Nc3ccccc32)c(C)c1C(=O)NCCCN1CCCC1=O. The van der Waals surface area contributed by atoms with Gasteiger partial charge in [0.25, 0.3) is 11.8 Å². The molecule has 3 N–H and O–H groups in total. The number of hydrogen-bond donors (Lipinski definition) is 3. The fraction of sp³-hybridized carbons (Fsp3) is 0.348. The number of H-pyrrole nitrogens is 1. The van der Waals surface area contributed by atoms with Gasteiger partial charge in [-0.05, 0) is 44.4 Å². The molecule has 3 amide bonds. The van der Waals surface area contributed by atoms with Crippen molar-refractivity contribution in [2.75, 3.05) is 25.0 Å². The van der Waals surface area contributed by atoms with Crippen molar-refractivity contribution >= 4 is 35.1 Å². The molecule has 1 saturated heterocycles. The molecule has 7 nitrogen and oxygen atoms in total. The summed E-state index contributed by atoms with van der Waals surface area (Å²) in [5, 5.41) is 5.82. The Bertz CT molecular complexity index is 1050. The van der Waals surface area contributed by atoms with Crippen molar-refractivity contribution in [1.29, 1.82) is 0 Å². The van der Waals surface area contributed by atoms with Gasteiger partial charge in [-0.1, -0.05) is 18.2 Å². The van der Waals surface area contributed by atoms with Gasteiger partial charge in [-0.3, -0.25) is 14.4 Å². The standard InChI is InChI=1S/C23H26N4O3/c1-14-19(13-17-16-7-3-4-8-18(16)26-22(17)29)25-15(2)21(14)23(30)24-10-6-12-27-11-5-9-20(27)28/h3-4,7-8,13,25H,5-6,9-12H2,1-2H3,(H,24,30)(H,26,29). The zero-order chi connectivity index (χ0) is 21.3. The lowest BCUT2D eigenvalue weighted by atomic mass is 10.0. The number of nitrogens with zero attached hydrogens (tertiary/aromatic N) is 1. The molecule has 4 rings (SSSR count). The molecule has 0 radical (unpaired) electrons. The molecule has 2 aliphatic rings. The lowest BCUT2D eigenvalue weighted by Gasteiger charge is -2.15. The van der Waals surface area contributed by atoms with E-state index in [4.69, 9.17) is 0 Å². The molecular formula is C23H26N4O3. The Morgan fingerprint density at radius 3 is 2.80 bits per heavy atom. The van der Waals surface area contributed by atoms with Crippen LogP contribution < -0.4 is 10.6 Å². The summed E-state index contributed by atoms with van der Waals surface area (Å²) in [5.74, 6) is -0.0888. The molecule has 0 spiro atoms. The van der Waals surface area contributed by atoms with E-state index in [1.807, 2.05) is 43.0 Å². The molecular weight excluding hydrogens is 380 g/mol. The molecule has 0 aliphatic carbocycles. The Morgan fingerprint density at radius 1 is 1.23 bits per heavy atom. The number of anilines is 1. The first-order valence-corrected chi connectivity index (χ1v) is 10.3. The average Bonchev–Trinajstić information content (AvgIpc) is 3.35. The van der Waals surface area contributed by atoms with Crippen molar-refractivity contribution in [3.63, 3.8) is 0 Å². The lowest BCUT2D eigenvalue weighted by molar-refractivity contribution is -0.127. The van der Waals surface area contributed by atoms with Gasteiger partial charge < -0.3 is 20.5 Å². The highest BCUT2D eigenvalue weighted by atomic mass is 16.2. The van der Waals surface area contributed by atoms with Crippen LogP contribution in [0.5, 0.6) is 0 Å². The van der Waals surface area contributed by atoms with Crippen LogP contribution in [0.2, 0.25) is 0 Å². The number of amides is 3. The maximum atomic E-state index is 12.7. The quantitative estimate of drug-likeness (QED) is 0.509. The molecule has 30 heavy (non-hydrogen) atoms. The Kier molecular flexibility index (Phi) is 5.44. The van der Waals surface area contributed by atoms with Gasteiger partial charge in [0.2, 0.25) is 5.91 Å². The van der Waals surface area contributed by atoms with Crippen LogP contribution in [-0.2, 0) is 9.59 Å². The van der Waals surface area contributed by atoms with Crippen LogP contribution in [0.15, 0.2) is 24.3 Å². The number of rotatable bonds is 6. The zero-order valence-corrected chi connectivity index (χ0v) is 17.3. The first kappa shape index (κ1) is 19.9. The summed E-state index contributed by atoms with van der Waals surface area (Å²) in [6, 6.07) is 7.56. The minimum Gasteiger partial charge on any atom is -0.358 e. The molecule has 7 heteroatoms. The van der Waals surface area contributed by atoms with Crippen LogP contribution in [-0.4, -0.2) is 47.2 Å². The highest BCUT2D eigenvalue weighted by Crippen LogP contribution is 2.33. The molecule has 1 aromatic carbocycles.